The average Bonchev–Trinajstić information content (AvgIpc) is 3.09. The van der Waals surface area contributed by atoms with Crippen LogP contribution < -0.4 is 0 Å². The Labute approximate surface area is 234 Å². The van der Waals surface area contributed by atoms with Gasteiger partial charge in [-0.15, -0.1) is 16.6 Å². The van der Waals surface area contributed by atoms with Crippen LogP contribution in [0.25, 0.3) is 0 Å². The zero-order valence-corrected chi connectivity index (χ0v) is 25.0. The first kappa shape index (κ1) is 41.9. The summed E-state index contributed by atoms with van der Waals surface area (Å²) in [6.07, 6.45) is 7.84. The van der Waals surface area contributed by atoms with Crippen molar-refractivity contribution < 1.29 is 103 Å². The first-order valence-electron chi connectivity index (χ1n) is 7.09. The second-order valence-corrected chi connectivity index (χ2v) is 4.45. The van der Waals surface area contributed by atoms with Crippen molar-refractivity contribution in [3.63, 3.8) is 0 Å². The van der Waals surface area contributed by atoms with Gasteiger partial charge in [-0.05, 0) is 12.8 Å². The van der Waals surface area contributed by atoms with Crippen molar-refractivity contribution in [2.45, 2.75) is 52.6 Å². The molecule has 0 aliphatic heterocycles. The summed E-state index contributed by atoms with van der Waals surface area (Å²) in [5.41, 5.74) is 2.03. The normalized spacial score (nSPS) is 7.85. The molecule has 0 unspecified atom stereocenters. The van der Waals surface area contributed by atoms with Crippen molar-refractivity contribution in [1.82, 2.24) is 30.0 Å². The van der Waals surface area contributed by atoms with Crippen LogP contribution in [-0.4, -0.2) is 30.0 Å². The number of hydrogen-bond acceptors (Lipinski definition) is 4. The van der Waals surface area contributed by atoms with Gasteiger partial charge in [0, 0.05) is 121 Å². The van der Waals surface area contributed by atoms with Crippen LogP contribution in [0.1, 0.15) is 38.1 Å². The first-order chi connectivity index (χ1) is 9.73. The number of rotatable bonds is 6. The van der Waals surface area contributed by atoms with Gasteiger partial charge in [0.1, 0.15) is 0 Å². The minimum Gasteiger partial charge on any atom is -0.358 e. The molecule has 0 bridgehead atoms. The van der Waals surface area contributed by atoms with E-state index in [0.717, 1.165) is 43.6 Å². The van der Waals surface area contributed by atoms with E-state index in [0.29, 0.717) is 6.54 Å². The van der Waals surface area contributed by atoms with E-state index in [4.69, 9.17) is 0 Å². The van der Waals surface area contributed by atoms with Crippen LogP contribution in [0.3, 0.4) is 0 Å². The first-order valence-corrected chi connectivity index (χ1v) is 7.09. The van der Waals surface area contributed by atoms with E-state index < -0.39 is 0 Å². The Morgan fingerprint density at radius 3 is 1.73 bits per heavy atom. The summed E-state index contributed by atoms with van der Waals surface area (Å²) in [5, 5.41) is 15.6. The Kier molecular flexibility index (Phi) is 43.0. The minimum absolute atomic E-state index is 0. The largest absolute Gasteiger partial charge is 0.358 e. The number of aryl methyl sites for hydroxylation is 2. The fourth-order valence-corrected chi connectivity index (χ4v) is 1.61. The molecule has 2 aromatic rings. The molecule has 2 heterocycles. The second-order valence-electron chi connectivity index (χ2n) is 4.45. The number of hydrogen-bond donors (Lipinski definition) is 0. The van der Waals surface area contributed by atoms with Crippen LogP contribution in [0.15, 0.2) is 12.4 Å². The van der Waals surface area contributed by atoms with Crippen molar-refractivity contribution >= 4 is 0 Å². The molecule has 144 valence electrons. The van der Waals surface area contributed by atoms with Crippen LogP contribution in [0.4, 0.5) is 0 Å². The molecule has 2 aromatic heterocycles. The van der Waals surface area contributed by atoms with Gasteiger partial charge in [-0.2, -0.15) is 0 Å². The van der Waals surface area contributed by atoms with E-state index in [-0.39, 0.29) is 117 Å². The van der Waals surface area contributed by atoms with Gasteiger partial charge in [0.25, 0.3) is 0 Å². The topological polar surface area (TPSA) is 61.4 Å². The van der Waals surface area contributed by atoms with Gasteiger partial charge in [-0.1, -0.05) is 37.2 Å². The summed E-state index contributed by atoms with van der Waals surface area (Å²) >= 11 is 0. The zero-order valence-electron chi connectivity index (χ0n) is 16.5. The molecule has 0 saturated heterocycles. The van der Waals surface area contributed by atoms with E-state index >= 15 is 0 Å². The Hall–Kier alpha value is 1.66. The monoisotopic (exact) mass is 586 g/mol. The van der Waals surface area contributed by atoms with Crippen LogP contribution in [0, 0.1) is 28.7 Å². The van der Waals surface area contributed by atoms with E-state index in [1.54, 1.807) is 4.68 Å². The third-order valence-electron chi connectivity index (χ3n) is 2.62. The third-order valence-corrected chi connectivity index (χ3v) is 2.62. The molecule has 6 nitrogen and oxygen atoms in total. The molecule has 0 spiro atoms. The molecule has 2 rings (SSSR count). The van der Waals surface area contributed by atoms with Gasteiger partial charge in [-0.25, -0.2) is 0 Å². The van der Waals surface area contributed by atoms with E-state index in [1.165, 1.54) is 0 Å². The molecule has 0 aliphatic rings. The van der Waals surface area contributed by atoms with Crippen molar-refractivity contribution in [2.75, 3.05) is 0 Å². The molecule has 26 heavy (non-hydrogen) atoms. The van der Waals surface area contributed by atoms with Gasteiger partial charge >= 0.3 is 0 Å². The molecule has 0 saturated carbocycles. The van der Waals surface area contributed by atoms with Gasteiger partial charge in [-0.3, -0.25) is 9.36 Å². The maximum atomic E-state index is 3.95. The standard InChI is InChI=1S/2C7H12N3.2CH3.2V.2Y/c1-3-5-7-6-10(4-2)9-8-7;1-3-5-10-6-7(4-2)8-9-10;;;;;;/h2*6H,2-5H2,1H3;2*1H3;;;;/q4*-1;;;;. The smallest absolute Gasteiger partial charge is 0.0825 e. The Balaban J connectivity index is -0.0000000625. The molecular formula is C16H30N6V2Y2-4. The van der Waals surface area contributed by atoms with Crippen LogP contribution in [0.5, 0.6) is 0 Å². The van der Waals surface area contributed by atoms with Gasteiger partial charge < -0.3 is 28.7 Å². The number of aromatic nitrogens is 6. The van der Waals surface area contributed by atoms with Gasteiger partial charge in [0.15, 0.2) is 0 Å². The second kappa shape index (κ2) is 26.7. The summed E-state index contributed by atoms with van der Waals surface area (Å²) in [7, 11) is 0. The summed E-state index contributed by atoms with van der Waals surface area (Å²) in [5.74, 6) is 0. The molecule has 0 fully saturated rings. The summed E-state index contributed by atoms with van der Waals surface area (Å²) in [6, 6.07) is 0. The fraction of sp³-hybridized carbons (Fsp3) is 0.500. The third kappa shape index (κ3) is 17.7. The fourth-order valence-electron chi connectivity index (χ4n) is 1.61. The van der Waals surface area contributed by atoms with Crippen molar-refractivity contribution in [3.8, 4) is 0 Å². The molecule has 0 aromatic carbocycles. The molecule has 4 radical (unpaired) electrons. The van der Waals surface area contributed by atoms with Crippen LogP contribution in [0.2, 0.25) is 0 Å². The predicted molar refractivity (Wildman–Crippen MR) is 91.6 cm³/mol. The minimum atomic E-state index is 0. The molecule has 10 heteroatoms. The quantitative estimate of drug-likeness (QED) is 0.489. The van der Waals surface area contributed by atoms with Crippen LogP contribution in [-0.2, 0) is 128 Å². The Bertz CT molecular complexity index is 450. The van der Waals surface area contributed by atoms with E-state index in [9.17, 15) is 0 Å². The Morgan fingerprint density at radius 1 is 0.846 bits per heavy atom. The summed E-state index contributed by atoms with van der Waals surface area (Å²) < 4.78 is 3.59. The van der Waals surface area contributed by atoms with E-state index in [1.807, 2.05) is 17.1 Å². The predicted octanol–water partition coefficient (Wildman–Crippen LogP) is 3.02. The van der Waals surface area contributed by atoms with Crippen molar-refractivity contribution in [1.29, 1.82) is 0 Å². The Morgan fingerprint density at radius 2 is 1.35 bits per heavy atom. The average molecular weight is 586 g/mol. The van der Waals surface area contributed by atoms with Crippen molar-refractivity contribution in [2.24, 2.45) is 0 Å². The number of nitrogens with zero attached hydrogens (tertiary/aromatic N) is 6. The molecule has 0 atom stereocenters. The molecule has 0 aliphatic carbocycles. The zero-order chi connectivity index (χ0) is 14.8. The SMILES string of the molecule is [CH2-]Cc1cn(CCC)nn1.[CH2-]Cn1cc(CCC)nn1.[CH3-].[CH3-].[V].[V].[Y].[Y]. The molecule has 0 amide bonds. The summed E-state index contributed by atoms with van der Waals surface area (Å²) in [6.45, 7) is 13.3. The van der Waals surface area contributed by atoms with E-state index in [2.05, 4.69) is 48.3 Å². The van der Waals surface area contributed by atoms with Gasteiger partial charge in [0.2, 0.25) is 0 Å². The molecule has 0 N–H and O–H groups in total. The summed E-state index contributed by atoms with van der Waals surface area (Å²) in [4.78, 5) is 0. The van der Waals surface area contributed by atoms with Crippen LogP contribution >= 0.6 is 0 Å². The molecular weight excluding hydrogens is 556 g/mol. The van der Waals surface area contributed by atoms with Gasteiger partial charge in [0.05, 0.1) is 11.4 Å². The maximum absolute atomic E-state index is 3.95. The van der Waals surface area contributed by atoms with Crippen molar-refractivity contribution in [3.05, 3.63) is 52.5 Å². The maximum Gasteiger partial charge on any atom is 0.0825 e.